The summed E-state index contributed by atoms with van der Waals surface area (Å²) in [5.74, 6) is 0.302. The number of likely N-dealkylation sites (tertiary alicyclic amines) is 1. The summed E-state index contributed by atoms with van der Waals surface area (Å²) < 4.78 is 0. The molecule has 0 saturated carbocycles. The molecule has 0 amide bonds. The zero-order valence-electron chi connectivity index (χ0n) is 14.6. The Bertz CT molecular complexity index is 777. The molecule has 0 spiro atoms. The van der Waals surface area contributed by atoms with E-state index in [2.05, 4.69) is 29.2 Å². The van der Waals surface area contributed by atoms with Gasteiger partial charge in [0.15, 0.2) is 5.78 Å². The minimum absolute atomic E-state index is 0.00341. The Kier molecular flexibility index (Phi) is 5.92. The number of hydrogen-bond donors (Lipinski definition) is 0. The van der Waals surface area contributed by atoms with E-state index in [1.807, 2.05) is 12.1 Å². The first-order valence-corrected chi connectivity index (χ1v) is 8.85. The van der Waals surface area contributed by atoms with Gasteiger partial charge in [-0.3, -0.25) is 19.8 Å². The van der Waals surface area contributed by atoms with Crippen molar-refractivity contribution in [3.05, 3.63) is 88.0 Å². The average molecular weight is 350 g/mol. The number of ketones is 1. The molecule has 1 fully saturated rings. The lowest BCUT2D eigenvalue weighted by Crippen LogP contribution is -2.32. The van der Waals surface area contributed by atoms with Crippen LogP contribution in [0.5, 0.6) is 0 Å². The van der Waals surface area contributed by atoms with Crippen molar-refractivity contribution in [1.29, 1.82) is 0 Å². The first-order chi connectivity index (χ1) is 12.6. The largest absolute Gasteiger partial charge is 0.299 e. The lowest BCUT2D eigenvalue weighted by atomic mass is 9.95. The molecule has 1 aliphatic rings. The van der Waals surface area contributed by atoms with Crippen molar-refractivity contribution in [3.63, 3.8) is 0 Å². The molecule has 1 aliphatic heterocycles. The van der Waals surface area contributed by atoms with Gasteiger partial charge < -0.3 is 0 Å². The highest BCUT2D eigenvalue weighted by molar-refractivity contribution is 6.04. The summed E-state index contributed by atoms with van der Waals surface area (Å²) in [4.78, 5) is 24.8. The summed E-state index contributed by atoms with van der Waals surface area (Å²) in [7, 11) is 0. The van der Waals surface area contributed by atoms with Crippen LogP contribution in [0.4, 0.5) is 5.69 Å². The third kappa shape index (κ3) is 4.86. The fourth-order valence-electron chi connectivity index (χ4n) is 3.21. The third-order valence-electron chi connectivity index (χ3n) is 4.76. The number of hydrogen-bond acceptors (Lipinski definition) is 4. The summed E-state index contributed by atoms with van der Waals surface area (Å²) in [6, 6.07) is 16.2. The Morgan fingerprint density at radius 2 is 1.73 bits per heavy atom. The van der Waals surface area contributed by atoms with Gasteiger partial charge in [0.25, 0.3) is 5.69 Å². The maximum Gasteiger partial charge on any atom is 0.269 e. The maximum atomic E-state index is 12.2. The lowest BCUT2D eigenvalue weighted by Gasteiger charge is -2.30. The lowest BCUT2D eigenvalue weighted by molar-refractivity contribution is -0.384. The molecule has 3 rings (SSSR count). The van der Waals surface area contributed by atoms with Crippen LogP contribution in [0.15, 0.2) is 66.7 Å². The molecule has 0 bridgehead atoms. The number of allylic oxidation sites excluding steroid dienone is 2. The van der Waals surface area contributed by atoms with Gasteiger partial charge in [-0.2, -0.15) is 0 Å². The van der Waals surface area contributed by atoms with Gasteiger partial charge in [0, 0.05) is 24.2 Å². The summed E-state index contributed by atoms with van der Waals surface area (Å²) in [5, 5.41) is 10.7. The Morgan fingerprint density at radius 3 is 2.35 bits per heavy atom. The number of piperidine rings is 1. The molecule has 26 heavy (non-hydrogen) atoms. The summed E-state index contributed by atoms with van der Waals surface area (Å²) in [6.45, 7) is 3.02. The Labute approximate surface area is 153 Å². The Morgan fingerprint density at radius 1 is 1.08 bits per heavy atom. The van der Waals surface area contributed by atoms with Crippen molar-refractivity contribution in [3.8, 4) is 0 Å². The zero-order valence-corrected chi connectivity index (χ0v) is 14.6. The summed E-state index contributed by atoms with van der Waals surface area (Å²) >= 11 is 0. The number of carbonyl (C=O) groups is 1. The van der Waals surface area contributed by atoms with E-state index in [4.69, 9.17) is 0 Å². The minimum atomic E-state index is -0.465. The van der Waals surface area contributed by atoms with Crippen molar-refractivity contribution in [2.24, 2.45) is 5.92 Å². The second kappa shape index (κ2) is 8.54. The molecule has 2 aromatic rings. The summed E-state index contributed by atoms with van der Waals surface area (Å²) in [6.07, 6.45) is 5.68. The summed E-state index contributed by atoms with van der Waals surface area (Å²) in [5.41, 5.74) is 1.81. The molecule has 0 aliphatic carbocycles. The molecule has 2 aromatic carbocycles. The fraction of sp³-hybridized carbons (Fsp3) is 0.286. The highest BCUT2D eigenvalue weighted by Gasteiger charge is 2.17. The van der Waals surface area contributed by atoms with Gasteiger partial charge in [0.05, 0.1) is 4.92 Å². The molecular weight excluding hydrogens is 328 g/mol. The van der Waals surface area contributed by atoms with Crippen LogP contribution in [0.3, 0.4) is 0 Å². The van der Waals surface area contributed by atoms with Crippen LogP contribution in [0, 0.1) is 16.0 Å². The SMILES string of the molecule is O=C(C=CC1CCN(Cc2ccccc2)CC1)c1ccc([N+](=O)[O-])cc1. The van der Waals surface area contributed by atoms with Gasteiger partial charge >= 0.3 is 0 Å². The Hall–Kier alpha value is -2.79. The van der Waals surface area contributed by atoms with Crippen LogP contribution in [0.2, 0.25) is 0 Å². The van der Waals surface area contributed by atoms with Gasteiger partial charge in [-0.25, -0.2) is 0 Å². The normalized spacial score (nSPS) is 16.0. The molecule has 1 heterocycles. The zero-order chi connectivity index (χ0) is 18.4. The molecule has 0 unspecified atom stereocenters. The molecule has 0 N–H and O–H groups in total. The van der Waals surface area contributed by atoms with E-state index in [9.17, 15) is 14.9 Å². The number of nitrogens with zero attached hydrogens (tertiary/aromatic N) is 2. The second-order valence-corrected chi connectivity index (χ2v) is 6.63. The van der Waals surface area contributed by atoms with Crippen molar-refractivity contribution >= 4 is 11.5 Å². The maximum absolute atomic E-state index is 12.2. The molecule has 1 saturated heterocycles. The molecule has 5 nitrogen and oxygen atoms in total. The van der Waals surface area contributed by atoms with E-state index < -0.39 is 4.92 Å². The predicted molar refractivity (Wildman–Crippen MR) is 101 cm³/mol. The van der Waals surface area contributed by atoms with Crippen LogP contribution < -0.4 is 0 Å². The number of rotatable bonds is 6. The van der Waals surface area contributed by atoms with Crippen molar-refractivity contribution in [1.82, 2.24) is 4.90 Å². The standard InChI is InChI=1S/C21H22N2O3/c24-21(19-7-9-20(10-8-19)23(25)26)11-6-17-12-14-22(15-13-17)16-18-4-2-1-3-5-18/h1-11,17H,12-16H2. The second-order valence-electron chi connectivity index (χ2n) is 6.63. The van der Waals surface area contributed by atoms with Crippen molar-refractivity contribution < 1.29 is 9.72 Å². The average Bonchev–Trinajstić information content (AvgIpc) is 2.68. The fourth-order valence-corrected chi connectivity index (χ4v) is 3.21. The van der Waals surface area contributed by atoms with E-state index in [0.717, 1.165) is 32.5 Å². The van der Waals surface area contributed by atoms with Crippen LogP contribution in [0.1, 0.15) is 28.8 Å². The molecule has 0 atom stereocenters. The van der Waals surface area contributed by atoms with Crippen LogP contribution in [-0.4, -0.2) is 28.7 Å². The molecule has 5 heteroatoms. The number of carbonyl (C=O) groups excluding carboxylic acids is 1. The van der Waals surface area contributed by atoms with Crippen LogP contribution >= 0.6 is 0 Å². The van der Waals surface area contributed by atoms with Crippen LogP contribution in [0.25, 0.3) is 0 Å². The number of benzene rings is 2. The minimum Gasteiger partial charge on any atom is -0.299 e. The first kappa shape index (κ1) is 18.0. The number of nitro benzene ring substituents is 1. The third-order valence-corrected chi connectivity index (χ3v) is 4.76. The number of non-ortho nitro benzene ring substituents is 1. The van der Waals surface area contributed by atoms with E-state index >= 15 is 0 Å². The topological polar surface area (TPSA) is 63.5 Å². The monoisotopic (exact) mass is 350 g/mol. The Balaban J connectivity index is 1.49. The van der Waals surface area contributed by atoms with E-state index in [1.165, 1.54) is 29.8 Å². The quantitative estimate of drug-likeness (QED) is 0.338. The molecule has 134 valence electrons. The molecule has 0 aromatic heterocycles. The smallest absolute Gasteiger partial charge is 0.269 e. The highest BCUT2D eigenvalue weighted by atomic mass is 16.6. The molecule has 0 radical (unpaired) electrons. The van der Waals surface area contributed by atoms with E-state index in [-0.39, 0.29) is 11.5 Å². The number of nitro groups is 1. The van der Waals surface area contributed by atoms with Gasteiger partial charge in [0.1, 0.15) is 0 Å². The predicted octanol–water partition coefficient (Wildman–Crippen LogP) is 4.25. The van der Waals surface area contributed by atoms with Gasteiger partial charge in [-0.1, -0.05) is 36.4 Å². The van der Waals surface area contributed by atoms with Crippen molar-refractivity contribution in [2.75, 3.05) is 13.1 Å². The highest BCUT2D eigenvalue weighted by Crippen LogP contribution is 2.20. The molecular formula is C21H22N2O3. The van der Waals surface area contributed by atoms with Gasteiger partial charge in [-0.15, -0.1) is 0 Å². The van der Waals surface area contributed by atoms with E-state index in [0.29, 0.717) is 11.5 Å². The van der Waals surface area contributed by atoms with Gasteiger partial charge in [-0.05, 0) is 55.6 Å². The van der Waals surface area contributed by atoms with E-state index in [1.54, 1.807) is 6.08 Å². The first-order valence-electron chi connectivity index (χ1n) is 8.85. The van der Waals surface area contributed by atoms with Gasteiger partial charge in [0.2, 0.25) is 0 Å². The van der Waals surface area contributed by atoms with Crippen LogP contribution in [-0.2, 0) is 6.54 Å². The van der Waals surface area contributed by atoms with Crippen molar-refractivity contribution in [2.45, 2.75) is 19.4 Å².